The highest BCUT2D eigenvalue weighted by molar-refractivity contribution is 5.68. The standard InChI is InChI=1S/C24H26N6O2/c1-15-9-17(3-4-21(15)30-13-19-11-18(30)14-32-19)27-24-25-6-5-20(28-24)16-10-22-23(26-12-16)29(2)7-8-31-22/h3-6,9-10,12,18-19H,7-8,11,13-14H2,1-2H3,(H,25,27,28). The van der Waals surface area contributed by atoms with Crippen LogP contribution in [0, 0.1) is 6.92 Å². The van der Waals surface area contributed by atoms with Gasteiger partial charge < -0.3 is 24.6 Å². The van der Waals surface area contributed by atoms with Crippen LogP contribution in [0.4, 0.5) is 23.1 Å². The number of likely N-dealkylation sites (N-methyl/N-ethyl adjacent to an activating group) is 1. The molecule has 2 fully saturated rings. The molecule has 0 amide bonds. The van der Waals surface area contributed by atoms with E-state index in [1.165, 1.54) is 11.3 Å². The van der Waals surface area contributed by atoms with Gasteiger partial charge in [-0.1, -0.05) is 0 Å². The first kappa shape index (κ1) is 19.3. The number of nitrogens with zero attached hydrogens (tertiary/aromatic N) is 5. The van der Waals surface area contributed by atoms with Crippen molar-refractivity contribution in [3.63, 3.8) is 0 Å². The first-order valence-electron chi connectivity index (χ1n) is 11.1. The van der Waals surface area contributed by atoms with Crippen molar-refractivity contribution in [3.05, 3.63) is 48.3 Å². The highest BCUT2D eigenvalue weighted by Crippen LogP contribution is 2.36. The summed E-state index contributed by atoms with van der Waals surface area (Å²) in [6, 6.07) is 10.8. The van der Waals surface area contributed by atoms with Crippen LogP contribution in [0.2, 0.25) is 0 Å². The van der Waals surface area contributed by atoms with Crippen LogP contribution in [0.25, 0.3) is 11.3 Å². The van der Waals surface area contributed by atoms with Crippen molar-refractivity contribution < 1.29 is 9.47 Å². The van der Waals surface area contributed by atoms with E-state index < -0.39 is 0 Å². The Bertz CT molecular complexity index is 1170. The average molecular weight is 431 g/mol. The number of fused-ring (bicyclic) bond motifs is 3. The topological polar surface area (TPSA) is 75.6 Å². The van der Waals surface area contributed by atoms with E-state index in [0.717, 1.165) is 54.6 Å². The van der Waals surface area contributed by atoms with Gasteiger partial charge in [0.25, 0.3) is 0 Å². The number of nitrogens with one attached hydrogen (secondary N) is 1. The number of rotatable bonds is 4. The predicted molar refractivity (Wildman–Crippen MR) is 124 cm³/mol. The first-order valence-corrected chi connectivity index (χ1v) is 11.1. The van der Waals surface area contributed by atoms with Crippen LogP contribution in [-0.4, -0.2) is 60.4 Å². The fourth-order valence-corrected chi connectivity index (χ4v) is 4.83. The Morgan fingerprint density at radius 1 is 1.16 bits per heavy atom. The molecule has 3 aromatic rings. The molecule has 8 nitrogen and oxygen atoms in total. The van der Waals surface area contributed by atoms with Crippen molar-refractivity contribution in [2.75, 3.05) is 48.5 Å². The molecular formula is C24H26N6O2. The number of ether oxygens (including phenoxy) is 2. The van der Waals surface area contributed by atoms with Crippen LogP contribution < -0.4 is 19.9 Å². The summed E-state index contributed by atoms with van der Waals surface area (Å²) in [5.41, 5.74) is 5.20. The van der Waals surface area contributed by atoms with Gasteiger partial charge in [-0.3, -0.25) is 0 Å². The van der Waals surface area contributed by atoms with Crippen molar-refractivity contribution >= 4 is 23.1 Å². The molecule has 6 rings (SSSR count). The van der Waals surface area contributed by atoms with Crippen molar-refractivity contribution in [2.45, 2.75) is 25.5 Å². The Morgan fingerprint density at radius 3 is 2.91 bits per heavy atom. The van der Waals surface area contributed by atoms with E-state index in [1.807, 2.05) is 25.4 Å². The third-order valence-electron chi connectivity index (χ3n) is 6.49. The van der Waals surface area contributed by atoms with Crippen molar-refractivity contribution in [3.8, 4) is 17.0 Å². The number of aromatic nitrogens is 3. The quantitative estimate of drug-likeness (QED) is 0.675. The Hall–Kier alpha value is -3.39. The van der Waals surface area contributed by atoms with Gasteiger partial charge in [-0.2, -0.15) is 0 Å². The normalized spacial score (nSPS) is 21.4. The van der Waals surface area contributed by atoms with Gasteiger partial charge in [-0.15, -0.1) is 0 Å². The van der Waals surface area contributed by atoms with Crippen molar-refractivity contribution in [1.29, 1.82) is 0 Å². The van der Waals surface area contributed by atoms with E-state index in [1.54, 1.807) is 6.20 Å². The molecule has 8 heteroatoms. The molecule has 0 spiro atoms. The molecule has 5 heterocycles. The average Bonchev–Trinajstić information content (AvgIpc) is 3.43. The fourth-order valence-electron chi connectivity index (χ4n) is 4.83. The van der Waals surface area contributed by atoms with Gasteiger partial charge in [0.15, 0.2) is 11.6 Å². The summed E-state index contributed by atoms with van der Waals surface area (Å²) in [4.78, 5) is 18.3. The zero-order valence-electron chi connectivity index (χ0n) is 18.3. The smallest absolute Gasteiger partial charge is 0.227 e. The highest BCUT2D eigenvalue weighted by atomic mass is 16.5. The molecule has 2 aromatic heterocycles. The molecule has 2 saturated heterocycles. The number of anilines is 4. The molecule has 0 radical (unpaired) electrons. The highest BCUT2D eigenvalue weighted by Gasteiger charge is 2.39. The maximum Gasteiger partial charge on any atom is 0.227 e. The largest absolute Gasteiger partial charge is 0.488 e. The molecule has 0 aliphatic carbocycles. The summed E-state index contributed by atoms with van der Waals surface area (Å²) in [5.74, 6) is 2.20. The molecule has 3 aliphatic heterocycles. The minimum Gasteiger partial charge on any atom is -0.488 e. The zero-order valence-corrected chi connectivity index (χ0v) is 18.3. The molecule has 2 unspecified atom stereocenters. The fraction of sp³-hybridized carbons (Fsp3) is 0.375. The minimum atomic E-state index is 0.386. The van der Waals surface area contributed by atoms with Gasteiger partial charge in [-0.25, -0.2) is 15.0 Å². The van der Waals surface area contributed by atoms with Crippen LogP contribution in [0.15, 0.2) is 42.7 Å². The summed E-state index contributed by atoms with van der Waals surface area (Å²) >= 11 is 0. The third kappa shape index (κ3) is 3.40. The van der Waals surface area contributed by atoms with Gasteiger partial charge in [0.2, 0.25) is 5.95 Å². The summed E-state index contributed by atoms with van der Waals surface area (Å²) in [7, 11) is 2.02. The van der Waals surface area contributed by atoms with Crippen LogP contribution in [0.1, 0.15) is 12.0 Å². The molecular weight excluding hydrogens is 404 g/mol. The summed E-state index contributed by atoms with van der Waals surface area (Å²) in [6.45, 7) is 5.47. The SMILES string of the molecule is Cc1cc(Nc2nccc(-c3cnc4c(c3)OCCN4C)n2)ccc1N1CC2CC1CO2. The predicted octanol–water partition coefficient (Wildman–Crippen LogP) is 3.40. The molecule has 1 aromatic carbocycles. The summed E-state index contributed by atoms with van der Waals surface area (Å²) in [6.07, 6.45) is 5.12. The summed E-state index contributed by atoms with van der Waals surface area (Å²) < 4.78 is 11.5. The lowest BCUT2D eigenvalue weighted by Crippen LogP contribution is -2.37. The Morgan fingerprint density at radius 2 is 2.09 bits per heavy atom. The van der Waals surface area contributed by atoms with Gasteiger partial charge in [0.05, 0.1) is 31.0 Å². The van der Waals surface area contributed by atoms with E-state index in [-0.39, 0.29) is 0 Å². The van der Waals surface area contributed by atoms with Gasteiger partial charge in [-0.05, 0) is 49.2 Å². The number of morpholine rings is 1. The molecule has 2 atom stereocenters. The van der Waals surface area contributed by atoms with Crippen molar-refractivity contribution in [1.82, 2.24) is 15.0 Å². The van der Waals surface area contributed by atoms with E-state index in [9.17, 15) is 0 Å². The zero-order chi connectivity index (χ0) is 21.7. The second-order valence-corrected chi connectivity index (χ2v) is 8.70. The van der Waals surface area contributed by atoms with Crippen molar-refractivity contribution in [2.24, 2.45) is 0 Å². The minimum absolute atomic E-state index is 0.386. The van der Waals surface area contributed by atoms with Gasteiger partial charge in [0, 0.05) is 42.9 Å². The molecule has 32 heavy (non-hydrogen) atoms. The monoisotopic (exact) mass is 430 g/mol. The van der Waals surface area contributed by atoms with E-state index in [4.69, 9.17) is 14.5 Å². The van der Waals surface area contributed by atoms with Crippen LogP contribution in [0.5, 0.6) is 5.75 Å². The third-order valence-corrected chi connectivity index (χ3v) is 6.49. The van der Waals surface area contributed by atoms with E-state index >= 15 is 0 Å². The van der Waals surface area contributed by atoms with Gasteiger partial charge >= 0.3 is 0 Å². The molecule has 3 aliphatic rings. The Kier molecular flexibility index (Phi) is 4.61. The summed E-state index contributed by atoms with van der Waals surface area (Å²) in [5, 5.41) is 3.35. The maximum atomic E-state index is 5.79. The first-order chi connectivity index (χ1) is 15.6. The van der Waals surface area contributed by atoms with Crippen LogP contribution in [-0.2, 0) is 4.74 Å². The van der Waals surface area contributed by atoms with Crippen LogP contribution in [0.3, 0.4) is 0 Å². The molecule has 2 bridgehead atoms. The van der Waals surface area contributed by atoms with Gasteiger partial charge in [0.1, 0.15) is 6.61 Å². The number of pyridine rings is 1. The Labute approximate surface area is 187 Å². The Balaban J connectivity index is 1.22. The lowest BCUT2D eigenvalue weighted by Gasteiger charge is -2.30. The molecule has 0 saturated carbocycles. The van der Waals surface area contributed by atoms with E-state index in [0.29, 0.717) is 24.7 Å². The van der Waals surface area contributed by atoms with E-state index in [2.05, 4.69) is 50.2 Å². The molecule has 164 valence electrons. The maximum absolute atomic E-state index is 5.79. The second-order valence-electron chi connectivity index (χ2n) is 8.70. The lowest BCUT2D eigenvalue weighted by atomic mass is 10.1. The number of hydrogen-bond acceptors (Lipinski definition) is 8. The molecule has 1 N–H and O–H groups in total. The van der Waals surface area contributed by atoms with Crippen LogP contribution >= 0.6 is 0 Å². The second kappa shape index (κ2) is 7.63. The lowest BCUT2D eigenvalue weighted by molar-refractivity contribution is 0.0991. The number of benzene rings is 1. The number of aryl methyl sites for hydroxylation is 1. The number of hydrogen-bond donors (Lipinski definition) is 1.